The Kier molecular flexibility index (Phi) is 14.1. The third kappa shape index (κ3) is 15.6. The minimum absolute atomic E-state index is 0.914. The first-order valence-electron chi connectivity index (χ1n) is 5.36. The van der Waals surface area contributed by atoms with E-state index < -0.39 is 5.97 Å². The second-order valence-electron chi connectivity index (χ2n) is 2.84. The van der Waals surface area contributed by atoms with E-state index in [9.17, 15) is 4.79 Å². The van der Waals surface area contributed by atoms with Gasteiger partial charge in [-0.05, 0) is 26.6 Å². The van der Waals surface area contributed by atoms with Gasteiger partial charge in [-0.25, -0.2) is 4.79 Å². The maximum Gasteiger partial charge on any atom is 0.328 e. The number of hydrogen-bond donors (Lipinski definition) is 1. The summed E-state index contributed by atoms with van der Waals surface area (Å²) >= 11 is 0. The molecule has 0 aliphatic rings. The molecule has 0 bridgehead atoms. The molecule has 0 amide bonds. The highest BCUT2D eigenvalue weighted by Gasteiger charge is 1.89. The summed E-state index contributed by atoms with van der Waals surface area (Å²) in [7, 11) is 0. The lowest BCUT2D eigenvalue weighted by atomic mass is 10.4. The van der Waals surface area contributed by atoms with Gasteiger partial charge in [0.1, 0.15) is 0 Å². The Bertz CT molecular complexity index is 188. The maximum absolute atomic E-state index is 9.75. The lowest BCUT2D eigenvalue weighted by Gasteiger charge is -2.13. The summed E-state index contributed by atoms with van der Waals surface area (Å²) in [6.45, 7) is 12.0. The Hall–Kier alpha value is -1.09. The molecule has 0 spiro atoms. The van der Waals surface area contributed by atoms with Crippen molar-refractivity contribution in [3.63, 3.8) is 0 Å². The molecule has 0 saturated heterocycles. The van der Waals surface area contributed by atoms with Crippen LogP contribution in [0.4, 0.5) is 0 Å². The molecule has 1 N–H and O–H groups in total. The summed E-state index contributed by atoms with van der Waals surface area (Å²) in [6.07, 6.45) is 5.98. The monoisotopic (exact) mass is 213 g/mol. The zero-order valence-corrected chi connectivity index (χ0v) is 10.2. The van der Waals surface area contributed by atoms with Gasteiger partial charge >= 0.3 is 5.97 Å². The van der Waals surface area contributed by atoms with Crippen LogP contribution in [0.25, 0.3) is 0 Å². The molecule has 0 unspecified atom stereocenters. The molecule has 0 aromatic carbocycles. The summed E-state index contributed by atoms with van der Waals surface area (Å²) in [5.74, 6) is -0.914. The number of carbonyl (C=O) groups is 1. The molecular weight excluding hydrogens is 190 g/mol. The highest BCUT2D eigenvalue weighted by molar-refractivity contribution is 5.80. The molecule has 0 fully saturated rings. The topological polar surface area (TPSA) is 40.5 Å². The highest BCUT2D eigenvalue weighted by atomic mass is 16.4. The summed E-state index contributed by atoms with van der Waals surface area (Å²) in [6, 6.07) is 0. The van der Waals surface area contributed by atoms with Gasteiger partial charge in [-0.1, -0.05) is 39.0 Å². The predicted octanol–water partition coefficient (Wildman–Crippen LogP) is 2.55. The first-order valence-corrected chi connectivity index (χ1v) is 5.36. The zero-order chi connectivity index (χ0) is 12.1. The van der Waals surface area contributed by atoms with Crippen molar-refractivity contribution >= 4 is 5.97 Å². The third-order valence-corrected chi connectivity index (χ3v) is 1.88. The standard InChI is InChI=1S/C6H15N.C6H8O2/c1-4-7(5-2)6-3;1-2-3-4-5-6(7)8/h4-6H2,1-3H3;2-5H,1H3,(H,7,8). The van der Waals surface area contributed by atoms with Crippen molar-refractivity contribution in [3.8, 4) is 0 Å². The van der Waals surface area contributed by atoms with Gasteiger partial charge in [0.15, 0.2) is 0 Å². The van der Waals surface area contributed by atoms with E-state index in [1.807, 2.05) is 6.92 Å². The third-order valence-electron chi connectivity index (χ3n) is 1.88. The van der Waals surface area contributed by atoms with Gasteiger partial charge in [0.25, 0.3) is 0 Å². The van der Waals surface area contributed by atoms with Crippen LogP contribution in [0.3, 0.4) is 0 Å². The van der Waals surface area contributed by atoms with Crippen LogP contribution >= 0.6 is 0 Å². The van der Waals surface area contributed by atoms with Crippen LogP contribution < -0.4 is 0 Å². The SMILES string of the molecule is CC=CC=CC(=O)O.CCN(CC)CC. The predicted molar refractivity (Wildman–Crippen MR) is 65.1 cm³/mol. The van der Waals surface area contributed by atoms with E-state index in [2.05, 4.69) is 25.7 Å². The molecular formula is C12H23NO2. The fraction of sp³-hybridized carbons (Fsp3) is 0.583. The Balaban J connectivity index is 0. The van der Waals surface area contributed by atoms with Crippen molar-refractivity contribution in [2.24, 2.45) is 0 Å². The maximum atomic E-state index is 9.75. The molecule has 88 valence electrons. The molecule has 0 aromatic rings. The quantitative estimate of drug-likeness (QED) is 0.563. The van der Waals surface area contributed by atoms with Crippen LogP contribution in [0.15, 0.2) is 24.3 Å². The number of carboxylic acids is 1. The average Bonchev–Trinajstić information content (AvgIpc) is 2.21. The van der Waals surface area contributed by atoms with Crippen LogP contribution in [-0.4, -0.2) is 35.6 Å². The Morgan fingerprint density at radius 1 is 1.13 bits per heavy atom. The largest absolute Gasteiger partial charge is 0.478 e. The van der Waals surface area contributed by atoms with Crippen molar-refractivity contribution in [2.45, 2.75) is 27.7 Å². The first-order chi connectivity index (χ1) is 7.12. The Morgan fingerprint density at radius 2 is 1.60 bits per heavy atom. The van der Waals surface area contributed by atoms with E-state index in [-0.39, 0.29) is 0 Å². The summed E-state index contributed by atoms with van der Waals surface area (Å²) in [4.78, 5) is 12.1. The van der Waals surface area contributed by atoms with Crippen LogP contribution in [0, 0.1) is 0 Å². The molecule has 3 heteroatoms. The normalized spacial score (nSPS) is 10.7. The molecule has 0 rings (SSSR count). The smallest absolute Gasteiger partial charge is 0.328 e. The molecule has 0 radical (unpaired) electrons. The second kappa shape index (κ2) is 12.9. The highest BCUT2D eigenvalue weighted by Crippen LogP contribution is 1.81. The van der Waals surface area contributed by atoms with E-state index >= 15 is 0 Å². The molecule has 0 aromatic heterocycles. The van der Waals surface area contributed by atoms with Gasteiger partial charge in [0.05, 0.1) is 0 Å². The van der Waals surface area contributed by atoms with Crippen molar-refractivity contribution in [3.05, 3.63) is 24.3 Å². The molecule has 15 heavy (non-hydrogen) atoms. The average molecular weight is 213 g/mol. The Labute approximate surface area is 93.1 Å². The lowest BCUT2D eigenvalue weighted by Crippen LogP contribution is -2.21. The number of rotatable bonds is 5. The van der Waals surface area contributed by atoms with Gasteiger partial charge < -0.3 is 10.0 Å². The van der Waals surface area contributed by atoms with Crippen LogP contribution in [0.1, 0.15) is 27.7 Å². The second-order valence-corrected chi connectivity index (χ2v) is 2.84. The first kappa shape index (κ1) is 16.3. The van der Waals surface area contributed by atoms with Gasteiger partial charge in [-0.3, -0.25) is 0 Å². The summed E-state index contributed by atoms with van der Waals surface area (Å²) in [5.41, 5.74) is 0. The molecule has 0 atom stereocenters. The zero-order valence-electron chi connectivity index (χ0n) is 10.2. The van der Waals surface area contributed by atoms with E-state index in [0.29, 0.717) is 0 Å². The lowest BCUT2D eigenvalue weighted by molar-refractivity contribution is -0.131. The van der Waals surface area contributed by atoms with Gasteiger partial charge in [-0.15, -0.1) is 0 Å². The van der Waals surface area contributed by atoms with Crippen LogP contribution in [0.5, 0.6) is 0 Å². The van der Waals surface area contributed by atoms with Crippen LogP contribution in [0.2, 0.25) is 0 Å². The van der Waals surface area contributed by atoms with E-state index in [1.54, 1.807) is 12.2 Å². The molecule has 0 aliphatic heterocycles. The van der Waals surface area contributed by atoms with Gasteiger partial charge in [0.2, 0.25) is 0 Å². The van der Waals surface area contributed by atoms with E-state index in [4.69, 9.17) is 5.11 Å². The van der Waals surface area contributed by atoms with E-state index in [0.717, 1.165) is 6.08 Å². The van der Waals surface area contributed by atoms with Crippen molar-refractivity contribution in [2.75, 3.05) is 19.6 Å². The van der Waals surface area contributed by atoms with Crippen molar-refractivity contribution in [1.82, 2.24) is 4.90 Å². The number of carboxylic acid groups (broad SMARTS) is 1. The summed E-state index contributed by atoms with van der Waals surface area (Å²) < 4.78 is 0. The molecule has 3 nitrogen and oxygen atoms in total. The fourth-order valence-corrected chi connectivity index (χ4v) is 0.920. The number of nitrogens with zero attached hydrogens (tertiary/aromatic N) is 1. The van der Waals surface area contributed by atoms with Crippen LogP contribution in [-0.2, 0) is 4.79 Å². The molecule has 0 aliphatic carbocycles. The Morgan fingerprint density at radius 3 is 1.80 bits per heavy atom. The number of hydrogen-bond acceptors (Lipinski definition) is 2. The van der Waals surface area contributed by atoms with Gasteiger partial charge in [0, 0.05) is 6.08 Å². The van der Waals surface area contributed by atoms with Gasteiger partial charge in [-0.2, -0.15) is 0 Å². The summed E-state index contributed by atoms with van der Waals surface area (Å²) in [5, 5.41) is 8.02. The molecule has 0 saturated carbocycles. The van der Waals surface area contributed by atoms with E-state index in [1.165, 1.54) is 25.7 Å². The van der Waals surface area contributed by atoms with Crippen molar-refractivity contribution in [1.29, 1.82) is 0 Å². The minimum Gasteiger partial charge on any atom is -0.478 e. The van der Waals surface area contributed by atoms with Crippen molar-refractivity contribution < 1.29 is 9.90 Å². The fourth-order valence-electron chi connectivity index (χ4n) is 0.920. The molecule has 0 heterocycles. The number of aliphatic carboxylic acids is 1. The number of allylic oxidation sites excluding steroid dienone is 3. The minimum atomic E-state index is -0.914.